The second-order valence-corrected chi connectivity index (χ2v) is 7.04. The molecule has 0 saturated carbocycles. The van der Waals surface area contributed by atoms with Crippen molar-refractivity contribution in [2.24, 2.45) is 0 Å². The van der Waals surface area contributed by atoms with Gasteiger partial charge in [-0.25, -0.2) is 4.98 Å². The Kier molecular flexibility index (Phi) is 4.86. The monoisotopic (exact) mass is 377 g/mol. The molecule has 1 amide bonds. The largest absolute Gasteiger partial charge is 0.494 e. The van der Waals surface area contributed by atoms with E-state index in [2.05, 4.69) is 9.97 Å². The van der Waals surface area contributed by atoms with Crippen molar-refractivity contribution in [1.82, 2.24) is 14.9 Å². The molecule has 6 nitrogen and oxygen atoms in total. The number of hydrogen-bond donors (Lipinski definition) is 1. The Hall–Kier alpha value is -3.15. The molecule has 1 aliphatic rings. The van der Waals surface area contributed by atoms with Crippen LogP contribution < -0.4 is 10.2 Å². The lowest BCUT2D eigenvalue weighted by atomic mass is 10.0. The fourth-order valence-electron chi connectivity index (χ4n) is 3.82. The third-order valence-electron chi connectivity index (χ3n) is 5.20. The van der Waals surface area contributed by atoms with Gasteiger partial charge in [0.2, 0.25) is 5.43 Å². The van der Waals surface area contributed by atoms with Crippen LogP contribution in [0.25, 0.3) is 11.0 Å². The van der Waals surface area contributed by atoms with E-state index in [0.717, 1.165) is 29.8 Å². The van der Waals surface area contributed by atoms with Crippen LogP contribution in [0, 0.1) is 6.92 Å². The number of carbonyl (C=O) groups excluding carboxylic acids is 1. The summed E-state index contributed by atoms with van der Waals surface area (Å²) in [7, 11) is 0. The predicted octanol–water partition coefficient (Wildman–Crippen LogP) is 3.61. The fraction of sp³-hybridized carbons (Fsp3) is 0.318. The first-order valence-electron chi connectivity index (χ1n) is 9.61. The van der Waals surface area contributed by atoms with E-state index in [1.165, 1.54) is 6.20 Å². The van der Waals surface area contributed by atoms with E-state index in [4.69, 9.17) is 4.74 Å². The van der Waals surface area contributed by atoms with Crippen LogP contribution in [-0.4, -0.2) is 33.9 Å². The number of aromatic nitrogens is 2. The van der Waals surface area contributed by atoms with E-state index in [9.17, 15) is 9.59 Å². The van der Waals surface area contributed by atoms with E-state index in [0.29, 0.717) is 24.2 Å². The zero-order chi connectivity index (χ0) is 19.7. The zero-order valence-electron chi connectivity index (χ0n) is 16.1. The number of carbonyl (C=O) groups is 1. The molecule has 1 fully saturated rings. The first-order chi connectivity index (χ1) is 13.6. The summed E-state index contributed by atoms with van der Waals surface area (Å²) in [6.45, 7) is 5.07. The minimum absolute atomic E-state index is 0.0329. The first-order valence-corrected chi connectivity index (χ1v) is 9.61. The van der Waals surface area contributed by atoms with Crippen molar-refractivity contribution in [1.29, 1.82) is 0 Å². The van der Waals surface area contributed by atoms with Gasteiger partial charge < -0.3 is 14.6 Å². The van der Waals surface area contributed by atoms with Crippen LogP contribution in [0.5, 0.6) is 5.75 Å². The number of ether oxygens (including phenoxy) is 1. The summed E-state index contributed by atoms with van der Waals surface area (Å²) in [5.41, 5.74) is 2.27. The molecular weight excluding hydrogens is 354 g/mol. The summed E-state index contributed by atoms with van der Waals surface area (Å²) in [6, 6.07) is 11.3. The van der Waals surface area contributed by atoms with Crippen molar-refractivity contribution in [3.8, 4) is 5.75 Å². The molecule has 3 aromatic rings. The van der Waals surface area contributed by atoms with Gasteiger partial charge in [0.15, 0.2) is 0 Å². The van der Waals surface area contributed by atoms with Crippen LogP contribution in [0.4, 0.5) is 0 Å². The van der Waals surface area contributed by atoms with Gasteiger partial charge in [-0.2, -0.15) is 0 Å². The molecule has 6 heteroatoms. The highest BCUT2D eigenvalue weighted by atomic mass is 16.5. The highest BCUT2D eigenvalue weighted by Gasteiger charge is 2.32. The van der Waals surface area contributed by atoms with E-state index in [1.54, 1.807) is 17.0 Å². The van der Waals surface area contributed by atoms with Gasteiger partial charge in [0.05, 0.1) is 18.0 Å². The number of likely N-dealkylation sites (tertiary alicyclic amines) is 1. The number of H-pyrrole nitrogens is 1. The Morgan fingerprint density at radius 3 is 2.79 bits per heavy atom. The molecule has 0 spiro atoms. The van der Waals surface area contributed by atoms with Gasteiger partial charge >= 0.3 is 0 Å². The van der Waals surface area contributed by atoms with Crippen molar-refractivity contribution in [2.75, 3.05) is 13.2 Å². The molecule has 2 aromatic heterocycles. The Morgan fingerprint density at radius 2 is 2.04 bits per heavy atom. The van der Waals surface area contributed by atoms with Gasteiger partial charge in [-0.15, -0.1) is 0 Å². The van der Waals surface area contributed by atoms with Crippen LogP contribution in [0.15, 0.2) is 47.4 Å². The number of aryl methyl sites for hydroxylation is 1. The quantitative estimate of drug-likeness (QED) is 0.754. The molecule has 4 rings (SSSR count). The fourth-order valence-corrected chi connectivity index (χ4v) is 3.82. The first kappa shape index (κ1) is 18.2. The molecule has 0 unspecified atom stereocenters. The van der Waals surface area contributed by atoms with Gasteiger partial charge in [0, 0.05) is 18.4 Å². The summed E-state index contributed by atoms with van der Waals surface area (Å²) in [5.74, 6) is 0.580. The van der Waals surface area contributed by atoms with Crippen LogP contribution in [0.2, 0.25) is 0 Å². The predicted molar refractivity (Wildman–Crippen MR) is 108 cm³/mol. The second-order valence-electron chi connectivity index (χ2n) is 7.04. The summed E-state index contributed by atoms with van der Waals surface area (Å²) in [4.78, 5) is 35.2. The molecular formula is C22H23N3O3. The molecule has 0 aliphatic carbocycles. The zero-order valence-corrected chi connectivity index (χ0v) is 16.1. The minimum Gasteiger partial charge on any atom is -0.494 e. The lowest BCUT2D eigenvalue weighted by Crippen LogP contribution is -2.34. The highest BCUT2D eigenvalue weighted by Crippen LogP contribution is 2.33. The Balaban J connectivity index is 1.65. The van der Waals surface area contributed by atoms with Crippen molar-refractivity contribution in [2.45, 2.75) is 32.7 Å². The van der Waals surface area contributed by atoms with Gasteiger partial charge in [-0.05, 0) is 56.5 Å². The maximum atomic E-state index is 13.2. The summed E-state index contributed by atoms with van der Waals surface area (Å²) < 4.78 is 5.50. The maximum Gasteiger partial charge on any atom is 0.259 e. The van der Waals surface area contributed by atoms with Crippen molar-refractivity contribution in [3.63, 3.8) is 0 Å². The Bertz CT molecular complexity index is 1070. The van der Waals surface area contributed by atoms with Gasteiger partial charge in [0.1, 0.15) is 17.0 Å². The van der Waals surface area contributed by atoms with Crippen molar-refractivity contribution >= 4 is 16.9 Å². The number of aromatic amines is 1. The number of benzene rings is 1. The molecule has 0 radical (unpaired) electrons. The number of nitrogens with one attached hydrogen (secondary N) is 1. The lowest BCUT2D eigenvalue weighted by molar-refractivity contribution is 0.0734. The molecule has 1 aromatic carbocycles. The van der Waals surface area contributed by atoms with Crippen molar-refractivity contribution in [3.05, 3.63) is 69.6 Å². The third kappa shape index (κ3) is 3.26. The summed E-state index contributed by atoms with van der Waals surface area (Å²) in [5, 5.41) is 0.438. The van der Waals surface area contributed by atoms with Gasteiger partial charge in [-0.3, -0.25) is 9.59 Å². The van der Waals surface area contributed by atoms with E-state index >= 15 is 0 Å². The normalized spacial score (nSPS) is 16.5. The molecule has 3 heterocycles. The smallest absolute Gasteiger partial charge is 0.259 e. The van der Waals surface area contributed by atoms with Crippen LogP contribution >= 0.6 is 0 Å². The average Bonchev–Trinajstić information content (AvgIpc) is 3.18. The number of nitrogens with zero attached hydrogens (tertiary/aromatic N) is 2. The van der Waals surface area contributed by atoms with Gasteiger partial charge in [-0.1, -0.05) is 12.1 Å². The Labute approximate surface area is 163 Å². The average molecular weight is 377 g/mol. The summed E-state index contributed by atoms with van der Waals surface area (Å²) in [6.07, 6.45) is 3.29. The van der Waals surface area contributed by atoms with E-state index < -0.39 is 0 Å². The third-order valence-corrected chi connectivity index (χ3v) is 5.20. The highest BCUT2D eigenvalue weighted by molar-refractivity contribution is 5.97. The summed E-state index contributed by atoms with van der Waals surface area (Å²) >= 11 is 0. The standard InChI is InChI=1S/C22H23N3O3/c1-3-28-16-9-7-15(8-10-16)19-5-4-12-25(19)22(27)18-13-23-21-17(20(18)26)11-6-14(2)24-21/h6-11,13,19H,3-5,12H2,1-2H3,(H,23,24,26)/t19-/m1/s1. The Morgan fingerprint density at radius 1 is 1.25 bits per heavy atom. The van der Waals surface area contributed by atoms with E-state index in [1.807, 2.05) is 38.1 Å². The SMILES string of the molecule is CCOc1ccc([C@H]2CCCN2C(=O)c2c[nH]c3nc(C)ccc3c2=O)cc1. The topological polar surface area (TPSA) is 75.3 Å². The van der Waals surface area contributed by atoms with Crippen molar-refractivity contribution < 1.29 is 9.53 Å². The van der Waals surface area contributed by atoms with Crippen LogP contribution in [0.3, 0.4) is 0 Å². The number of pyridine rings is 2. The molecule has 28 heavy (non-hydrogen) atoms. The molecule has 1 saturated heterocycles. The number of fused-ring (bicyclic) bond motifs is 1. The maximum absolute atomic E-state index is 13.2. The second kappa shape index (κ2) is 7.46. The lowest BCUT2D eigenvalue weighted by Gasteiger charge is -2.25. The number of amides is 1. The van der Waals surface area contributed by atoms with Crippen LogP contribution in [0.1, 0.15) is 47.4 Å². The molecule has 1 aliphatic heterocycles. The molecule has 144 valence electrons. The number of hydrogen-bond acceptors (Lipinski definition) is 4. The van der Waals surface area contributed by atoms with Gasteiger partial charge in [0.25, 0.3) is 5.91 Å². The molecule has 1 atom stereocenters. The molecule has 0 bridgehead atoms. The molecule has 1 N–H and O–H groups in total. The number of rotatable bonds is 4. The minimum atomic E-state index is -0.274. The van der Waals surface area contributed by atoms with E-state index in [-0.39, 0.29) is 22.9 Å². The van der Waals surface area contributed by atoms with Crippen LogP contribution in [-0.2, 0) is 0 Å².